The van der Waals surface area contributed by atoms with Gasteiger partial charge in [0.1, 0.15) is 0 Å². The second-order valence-electron chi connectivity index (χ2n) is 2.96. The van der Waals surface area contributed by atoms with E-state index in [4.69, 9.17) is 4.74 Å². The molecule has 1 fully saturated rings. The third-order valence-electron chi connectivity index (χ3n) is 2.14. The zero-order valence-electron chi connectivity index (χ0n) is 6.58. The van der Waals surface area contributed by atoms with Gasteiger partial charge >= 0.3 is 5.97 Å². The monoisotopic (exact) mass is 174 g/mol. The van der Waals surface area contributed by atoms with Gasteiger partial charge < -0.3 is 4.74 Å². The van der Waals surface area contributed by atoms with E-state index in [2.05, 4.69) is 12.6 Å². The molecule has 0 amide bonds. The van der Waals surface area contributed by atoms with E-state index in [0.717, 1.165) is 12.3 Å². The first-order chi connectivity index (χ1) is 5.33. The zero-order valence-corrected chi connectivity index (χ0v) is 7.48. The topological polar surface area (TPSA) is 26.3 Å². The summed E-state index contributed by atoms with van der Waals surface area (Å²) in [6.07, 6.45) is 5.03. The van der Waals surface area contributed by atoms with Crippen LogP contribution in [0.3, 0.4) is 0 Å². The Morgan fingerprint density at radius 2 is 2.27 bits per heavy atom. The van der Waals surface area contributed by atoms with Crippen LogP contribution in [0.25, 0.3) is 0 Å². The fourth-order valence-corrected chi connectivity index (χ4v) is 1.26. The summed E-state index contributed by atoms with van der Waals surface area (Å²) in [7, 11) is 0. The van der Waals surface area contributed by atoms with Crippen molar-refractivity contribution in [1.29, 1.82) is 0 Å². The predicted octanol–water partition coefficient (Wildman–Crippen LogP) is 1.65. The van der Waals surface area contributed by atoms with E-state index >= 15 is 0 Å². The lowest BCUT2D eigenvalue weighted by atomic mass is 9.83. The van der Waals surface area contributed by atoms with Crippen LogP contribution >= 0.6 is 12.6 Å². The maximum Gasteiger partial charge on any atom is 0.315 e. The molecule has 0 N–H and O–H groups in total. The molecule has 1 rings (SSSR count). The van der Waals surface area contributed by atoms with Gasteiger partial charge in [0, 0.05) is 0 Å². The molecule has 1 aliphatic carbocycles. The Labute approximate surface area is 72.7 Å². The van der Waals surface area contributed by atoms with E-state index in [-0.39, 0.29) is 11.7 Å². The number of esters is 1. The fraction of sp³-hybridized carbons (Fsp3) is 0.875. The van der Waals surface area contributed by atoms with Gasteiger partial charge in [0.05, 0.1) is 12.4 Å². The van der Waals surface area contributed by atoms with Crippen molar-refractivity contribution in [3.8, 4) is 0 Å². The van der Waals surface area contributed by atoms with E-state index in [1.165, 1.54) is 19.3 Å². The summed E-state index contributed by atoms with van der Waals surface area (Å²) in [5.41, 5.74) is 0. The first kappa shape index (κ1) is 8.91. The Kier molecular flexibility index (Phi) is 3.77. The molecule has 1 aliphatic rings. The molecular formula is C8H14O2S. The van der Waals surface area contributed by atoms with Crippen molar-refractivity contribution in [2.45, 2.75) is 25.7 Å². The molecule has 0 aromatic rings. The molecule has 0 spiro atoms. The third-order valence-corrected chi connectivity index (χ3v) is 2.40. The highest BCUT2D eigenvalue weighted by atomic mass is 32.1. The molecule has 0 heterocycles. The molecule has 0 radical (unpaired) electrons. The Balaban J connectivity index is 1.90. The minimum Gasteiger partial charge on any atom is -0.465 e. The van der Waals surface area contributed by atoms with Crippen molar-refractivity contribution < 1.29 is 9.53 Å². The Morgan fingerprint density at radius 1 is 1.55 bits per heavy atom. The van der Waals surface area contributed by atoms with Crippen molar-refractivity contribution in [2.75, 3.05) is 12.4 Å². The van der Waals surface area contributed by atoms with Crippen LogP contribution in [0.1, 0.15) is 25.7 Å². The molecule has 0 aliphatic heterocycles. The summed E-state index contributed by atoms with van der Waals surface area (Å²) in [6.45, 7) is 0.587. The summed E-state index contributed by atoms with van der Waals surface area (Å²) < 4.78 is 4.88. The number of hydrogen-bond donors (Lipinski definition) is 1. The highest BCUT2D eigenvalue weighted by Crippen LogP contribution is 2.28. The van der Waals surface area contributed by atoms with Crippen molar-refractivity contribution in [2.24, 2.45) is 5.92 Å². The summed E-state index contributed by atoms with van der Waals surface area (Å²) in [6, 6.07) is 0. The van der Waals surface area contributed by atoms with Gasteiger partial charge in [-0.15, -0.1) is 0 Å². The normalized spacial score (nSPS) is 17.5. The highest BCUT2D eigenvalue weighted by molar-refractivity contribution is 7.81. The minimum absolute atomic E-state index is 0.199. The predicted molar refractivity (Wildman–Crippen MR) is 46.8 cm³/mol. The first-order valence-electron chi connectivity index (χ1n) is 4.09. The lowest BCUT2D eigenvalue weighted by Crippen LogP contribution is -2.15. The molecule has 1 saturated carbocycles. The lowest BCUT2D eigenvalue weighted by Gasteiger charge is -2.24. The van der Waals surface area contributed by atoms with Crippen LogP contribution in [0.5, 0.6) is 0 Å². The van der Waals surface area contributed by atoms with Crippen LogP contribution in [0.2, 0.25) is 0 Å². The summed E-state index contributed by atoms with van der Waals surface area (Å²) in [5, 5.41) is 0. The number of carbonyl (C=O) groups is 1. The average molecular weight is 174 g/mol. The second kappa shape index (κ2) is 4.65. The molecular weight excluding hydrogens is 160 g/mol. The molecule has 3 heteroatoms. The van der Waals surface area contributed by atoms with Crippen LogP contribution in [-0.4, -0.2) is 18.3 Å². The van der Waals surface area contributed by atoms with Crippen LogP contribution in [0.15, 0.2) is 0 Å². The van der Waals surface area contributed by atoms with E-state index < -0.39 is 0 Å². The van der Waals surface area contributed by atoms with Crippen LogP contribution < -0.4 is 0 Å². The maximum atomic E-state index is 10.6. The largest absolute Gasteiger partial charge is 0.465 e. The lowest BCUT2D eigenvalue weighted by molar-refractivity contribution is -0.140. The molecule has 0 aromatic carbocycles. The van der Waals surface area contributed by atoms with Crippen LogP contribution in [-0.2, 0) is 9.53 Å². The Hall–Kier alpha value is -0.180. The first-order valence-corrected chi connectivity index (χ1v) is 4.72. The molecule has 0 unspecified atom stereocenters. The summed E-state index contributed by atoms with van der Waals surface area (Å²) in [5.74, 6) is 0.820. The third kappa shape index (κ3) is 3.14. The van der Waals surface area contributed by atoms with Crippen molar-refractivity contribution in [3.63, 3.8) is 0 Å². The quantitative estimate of drug-likeness (QED) is 0.518. The van der Waals surface area contributed by atoms with Gasteiger partial charge in [0.2, 0.25) is 0 Å². The molecule has 0 bridgehead atoms. The van der Waals surface area contributed by atoms with Crippen molar-refractivity contribution >= 4 is 18.6 Å². The second-order valence-corrected chi connectivity index (χ2v) is 3.28. The van der Waals surface area contributed by atoms with E-state index in [9.17, 15) is 4.79 Å². The van der Waals surface area contributed by atoms with E-state index in [1.807, 2.05) is 0 Å². The number of ether oxygens (including phenoxy) is 1. The summed E-state index contributed by atoms with van der Waals surface area (Å²) in [4.78, 5) is 10.6. The SMILES string of the molecule is O=C(CS)OCCC1CCC1. The standard InChI is InChI=1S/C8H14O2S/c9-8(6-11)10-5-4-7-2-1-3-7/h7,11H,1-6H2. The van der Waals surface area contributed by atoms with E-state index in [0.29, 0.717) is 6.61 Å². The summed E-state index contributed by atoms with van der Waals surface area (Å²) >= 11 is 3.80. The van der Waals surface area contributed by atoms with Gasteiger partial charge in [-0.05, 0) is 12.3 Å². The fourth-order valence-electron chi connectivity index (χ4n) is 1.17. The van der Waals surface area contributed by atoms with Gasteiger partial charge in [0.25, 0.3) is 0 Å². The van der Waals surface area contributed by atoms with Gasteiger partial charge in [-0.2, -0.15) is 12.6 Å². The molecule has 0 atom stereocenters. The zero-order chi connectivity index (χ0) is 8.10. The Bertz CT molecular complexity index is 132. The smallest absolute Gasteiger partial charge is 0.315 e. The van der Waals surface area contributed by atoms with Crippen LogP contribution in [0.4, 0.5) is 0 Å². The molecule has 0 aromatic heterocycles. The van der Waals surface area contributed by atoms with Gasteiger partial charge in [-0.1, -0.05) is 19.3 Å². The number of rotatable bonds is 4. The molecule has 2 nitrogen and oxygen atoms in total. The molecule has 0 saturated heterocycles. The molecule has 64 valence electrons. The minimum atomic E-state index is -0.201. The van der Waals surface area contributed by atoms with E-state index in [1.54, 1.807) is 0 Å². The van der Waals surface area contributed by atoms with Gasteiger partial charge in [-0.3, -0.25) is 4.79 Å². The van der Waals surface area contributed by atoms with Crippen LogP contribution in [0, 0.1) is 5.92 Å². The van der Waals surface area contributed by atoms with Crippen molar-refractivity contribution in [1.82, 2.24) is 0 Å². The van der Waals surface area contributed by atoms with Gasteiger partial charge in [-0.25, -0.2) is 0 Å². The van der Waals surface area contributed by atoms with Gasteiger partial charge in [0.15, 0.2) is 0 Å². The average Bonchev–Trinajstić information content (AvgIpc) is 1.94. The number of carbonyl (C=O) groups excluding carboxylic acids is 1. The molecule has 11 heavy (non-hydrogen) atoms. The highest BCUT2D eigenvalue weighted by Gasteiger charge is 2.17. The maximum absolute atomic E-state index is 10.6. The van der Waals surface area contributed by atoms with Crippen molar-refractivity contribution in [3.05, 3.63) is 0 Å². The number of hydrogen-bond acceptors (Lipinski definition) is 3. The Morgan fingerprint density at radius 3 is 2.73 bits per heavy atom. The number of thiol groups is 1.